The number of hydrogen-bond donors (Lipinski definition) is 1. The van der Waals surface area contributed by atoms with Gasteiger partial charge in [0.15, 0.2) is 0 Å². The van der Waals surface area contributed by atoms with Gasteiger partial charge in [-0.1, -0.05) is 23.9 Å². The molecule has 0 spiro atoms. The van der Waals surface area contributed by atoms with Crippen molar-refractivity contribution in [1.29, 1.82) is 5.26 Å². The van der Waals surface area contributed by atoms with Gasteiger partial charge in [0.2, 0.25) is 5.78 Å². The van der Waals surface area contributed by atoms with Crippen molar-refractivity contribution in [2.24, 2.45) is 0 Å². The van der Waals surface area contributed by atoms with E-state index in [1.165, 1.54) is 29.5 Å². The van der Waals surface area contributed by atoms with E-state index in [1.54, 1.807) is 0 Å². The van der Waals surface area contributed by atoms with Crippen LogP contribution in [-0.4, -0.2) is 32.5 Å². The molecule has 2 heterocycles. The zero-order chi connectivity index (χ0) is 14.8. The van der Waals surface area contributed by atoms with E-state index in [0.717, 1.165) is 28.7 Å². The first-order chi connectivity index (χ1) is 10.2. The summed E-state index contributed by atoms with van der Waals surface area (Å²) in [7, 11) is 1.92. The molecular weight excluding hydrogens is 282 g/mol. The Bertz CT molecular complexity index is 641. The Morgan fingerprint density at radius 3 is 2.76 bits per heavy atom. The lowest BCUT2D eigenvalue weighted by atomic mass is 10.2. The Hall–Kier alpha value is -1.77. The van der Waals surface area contributed by atoms with Crippen LogP contribution in [0.1, 0.15) is 12.8 Å². The molecule has 108 valence electrons. The zero-order valence-electron chi connectivity index (χ0n) is 12.1. The number of ketones is 1. The first kappa shape index (κ1) is 14.2. The fourth-order valence-corrected chi connectivity index (χ4v) is 4.08. The molecule has 1 aromatic carbocycles. The second-order valence-corrected chi connectivity index (χ2v) is 6.51. The molecule has 0 radical (unpaired) electrons. The van der Waals surface area contributed by atoms with E-state index in [1.807, 2.05) is 36.2 Å². The van der Waals surface area contributed by atoms with Gasteiger partial charge in [0.1, 0.15) is 23.2 Å². The smallest absolute Gasteiger partial charge is 0.230 e. The number of nitrogens with zero attached hydrogens (tertiary/aromatic N) is 2. The van der Waals surface area contributed by atoms with E-state index in [4.69, 9.17) is 0 Å². The molecule has 0 unspecified atom stereocenters. The average molecular weight is 300 g/mol. The number of thioether (sulfide) groups is 1. The summed E-state index contributed by atoms with van der Waals surface area (Å²) < 4.78 is 0. The Morgan fingerprint density at radius 2 is 2.10 bits per heavy atom. The van der Waals surface area contributed by atoms with E-state index >= 15 is 0 Å². The molecule has 21 heavy (non-hydrogen) atoms. The van der Waals surface area contributed by atoms with Gasteiger partial charge in [-0.3, -0.25) is 4.79 Å². The summed E-state index contributed by atoms with van der Waals surface area (Å²) in [5, 5.41) is 10.2. The van der Waals surface area contributed by atoms with E-state index in [0.29, 0.717) is 12.1 Å². The topological polar surface area (TPSA) is 48.5 Å². The normalized spacial score (nSPS) is 20.3. The van der Waals surface area contributed by atoms with E-state index < -0.39 is 0 Å². The first-order valence-corrected chi connectivity index (χ1v) is 8.04. The number of quaternary nitrogens is 1. The van der Waals surface area contributed by atoms with Gasteiger partial charge in [-0.05, 0) is 12.1 Å². The van der Waals surface area contributed by atoms with Crippen LogP contribution in [0, 0.1) is 11.3 Å². The number of Topliss-reactive ketones (excluding diaryl/α,β-unsaturated/α-hetero) is 1. The SMILES string of the molecule is CN1/C(=C(\C#N)C(=O)C[NH+]2CCCC2)Sc2ccccc21. The number of nitriles is 1. The lowest BCUT2D eigenvalue weighted by Gasteiger charge is -2.16. The highest BCUT2D eigenvalue weighted by atomic mass is 32.2. The lowest BCUT2D eigenvalue weighted by Crippen LogP contribution is -3.10. The van der Waals surface area contributed by atoms with E-state index in [-0.39, 0.29) is 5.78 Å². The summed E-state index contributed by atoms with van der Waals surface area (Å²) in [6, 6.07) is 10.1. The number of hydrogen-bond acceptors (Lipinski definition) is 4. The molecule has 2 aliphatic heterocycles. The van der Waals surface area contributed by atoms with Crippen molar-refractivity contribution in [2.45, 2.75) is 17.7 Å². The van der Waals surface area contributed by atoms with Crippen LogP contribution in [0.15, 0.2) is 39.8 Å². The maximum absolute atomic E-state index is 12.5. The monoisotopic (exact) mass is 300 g/mol. The minimum Gasteiger partial charge on any atom is -0.337 e. The van der Waals surface area contributed by atoms with Crippen LogP contribution in [0.25, 0.3) is 0 Å². The van der Waals surface area contributed by atoms with Gasteiger partial charge in [-0.2, -0.15) is 5.26 Å². The van der Waals surface area contributed by atoms with Crippen LogP contribution in [0.5, 0.6) is 0 Å². The van der Waals surface area contributed by atoms with Gasteiger partial charge in [-0.15, -0.1) is 0 Å². The minimum absolute atomic E-state index is 0.0310. The number of fused-ring (bicyclic) bond motifs is 1. The average Bonchev–Trinajstić information content (AvgIpc) is 3.10. The fraction of sp³-hybridized carbons (Fsp3) is 0.375. The molecule has 0 aliphatic carbocycles. The van der Waals surface area contributed by atoms with Crippen LogP contribution >= 0.6 is 11.8 Å². The molecule has 0 aromatic heterocycles. The third kappa shape index (κ3) is 2.69. The van der Waals surface area contributed by atoms with Gasteiger partial charge in [0.25, 0.3) is 0 Å². The number of carbonyl (C=O) groups excluding carboxylic acids is 1. The number of nitrogens with one attached hydrogen (secondary N) is 1. The first-order valence-electron chi connectivity index (χ1n) is 7.22. The molecule has 2 aliphatic rings. The Balaban J connectivity index is 1.86. The highest BCUT2D eigenvalue weighted by Gasteiger charge is 2.30. The molecule has 4 nitrogen and oxygen atoms in total. The largest absolute Gasteiger partial charge is 0.337 e. The summed E-state index contributed by atoms with van der Waals surface area (Å²) >= 11 is 1.52. The summed E-state index contributed by atoms with van der Waals surface area (Å²) in [5.41, 5.74) is 1.37. The van der Waals surface area contributed by atoms with Gasteiger partial charge >= 0.3 is 0 Å². The molecule has 0 saturated carbocycles. The highest BCUT2D eigenvalue weighted by molar-refractivity contribution is 8.03. The van der Waals surface area contributed by atoms with Gasteiger partial charge < -0.3 is 9.80 Å². The van der Waals surface area contributed by atoms with Crippen LogP contribution in [0.2, 0.25) is 0 Å². The summed E-state index contributed by atoms with van der Waals surface area (Å²) in [6.07, 6.45) is 2.36. The van der Waals surface area contributed by atoms with Crippen molar-refractivity contribution < 1.29 is 9.69 Å². The number of carbonyl (C=O) groups is 1. The standard InChI is InChI=1S/C16H17N3OS/c1-18-13-6-2-3-7-15(13)21-16(18)12(10-17)14(20)11-19-8-4-5-9-19/h2-3,6-7H,4-5,8-9,11H2,1H3/p+1/b16-12-. The molecule has 1 saturated heterocycles. The van der Waals surface area contributed by atoms with Gasteiger partial charge in [-0.25, -0.2) is 0 Å². The predicted octanol–water partition coefficient (Wildman–Crippen LogP) is 1.21. The maximum atomic E-state index is 12.5. The summed E-state index contributed by atoms with van der Waals surface area (Å²) in [6.45, 7) is 2.53. The van der Waals surface area contributed by atoms with Crippen molar-refractivity contribution in [3.05, 3.63) is 34.9 Å². The maximum Gasteiger partial charge on any atom is 0.230 e. The minimum atomic E-state index is -0.0310. The number of benzene rings is 1. The highest BCUT2D eigenvalue weighted by Crippen LogP contribution is 2.45. The fourth-order valence-electron chi connectivity index (χ4n) is 2.92. The van der Waals surface area contributed by atoms with Gasteiger partial charge in [0.05, 0.1) is 18.8 Å². The molecule has 1 fully saturated rings. The van der Waals surface area contributed by atoms with Crippen molar-refractivity contribution in [2.75, 3.05) is 31.6 Å². The molecule has 0 bridgehead atoms. The zero-order valence-corrected chi connectivity index (χ0v) is 12.9. The molecule has 0 atom stereocenters. The van der Waals surface area contributed by atoms with Crippen molar-refractivity contribution in [3.63, 3.8) is 0 Å². The lowest BCUT2D eigenvalue weighted by molar-refractivity contribution is -0.878. The number of rotatable bonds is 3. The van der Waals surface area contributed by atoms with Crippen molar-refractivity contribution >= 4 is 23.2 Å². The molecule has 1 N–H and O–H groups in total. The predicted molar refractivity (Wildman–Crippen MR) is 83.1 cm³/mol. The third-order valence-corrected chi connectivity index (χ3v) is 5.30. The van der Waals surface area contributed by atoms with Crippen LogP contribution < -0.4 is 9.80 Å². The molecule has 1 aromatic rings. The van der Waals surface area contributed by atoms with Gasteiger partial charge in [0, 0.05) is 24.8 Å². The Labute approximate surface area is 129 Å². The summed E-state index contributed by atoms with van der Waals surface area (Å²) in [5.74, 6) is -0.0310. The molecule has 3 rings (SSSR count). The molecule has 0 amide bonds. The number of para-hydroxylation sites is 1. The second-order valence-electron chi connectivity index (χ2n) is 5.48. The molecule has 5 heteroatoms. The Morgan fingerprint density at radius 1 is 1.38 bits per heavy atom. The van der Waals surface area contributed by atoms with E-state index in [2.05, 4.69) is 6.07 Å². The van der Waals surface area contributed by atoms with Crippen LogP contribution in [0.4, 0.5) is 5.69 Å². The van der Waals surface area contributed by atoms with Crippen molar-refractivity contribution in [1.82, 2.24) is 0 Å². The van der Waals surface area contributed by atoms with Crippen molar-refractivity contribution in [3.8, 4) is 6.07 Å². The number of likely N-dealkylation sites (tertiary alicyclic amines) is 1. The van der Waals surface area contributed by atoms with E-state index in [9.17, 15) is 10.1 Å². The summed E-state index contributed by atoms with van der Waals surface area (Å²) in [4.78, 5) is 16.8. The molecular formula is C16H18N3OS+. The Kier molecular flexibility index (Phi) is 4.00. The quantitative estimate of drug-likeness (QED) is 0.673. The number of anilines is 1. The second kappa shape index (κ2) is 5.92. The van der Waals surface area contributed by atoms with Crippen LogP contribution in [0.3, 0.4) is 0 Å². The third-order valence-electron chi connectivity index (χ3n) is 4.06. The van der Waals surface area contributed by atoms with Crippen LogP contribution in [-0.2, 0) is 4.79 Å².